The fourth-order valence-electron chi connectivity index (χ4n) is 0.695. The summed E-state index contributed by atoms with van der Waals surface area (Å²) in [5.41, 5.74) is 0. The molecule has 0 bridgehead atoms. The second kappa shape index (κ2) is 5.77. The molecule has 62 valence electrons. The van der Waals surface area contributed by atoms with Gasteiger partial charge in [0.25, 0.3) is 0 Å². The Bertz CT molecular complexity index is 161. The summed E-state index contributed by atoms with van der Waals surface area (Å²) >= 11 is 0. The van der Waals surface area contributed by atoms with Gasteiger partial charge in [-0.15, -0.1) is 0 Å². The van der Waals surface area contributed by atoms with E-state index in [-0.39, 0.29) is 12.2 Å². The maximum absolute atomic E-state index is 10.7. The standard InChI is InChI=1S/C8H12O3/c1-2-7(10)4-3-5-8(11)6-9/h6H,2-5H2,1H3. The van der Waals surface area contributed by atoms with E-state index in [9.17, 15) is 14.4 Å². The van der Waals surface area contributed by atoms with E-state index in [2.05, 4.69) is 0 Å². The maximum Gasteiger partial charge on any atom is 0.195 e. The second-order valence-electron chi connectivity index (χ2n) is 2.33. The summed E-state index contributed by atoms with van der Waals surface area (Å²) in [6, 6.07) is 0. The Morgan fingerprint density at radius 3 is 2.36 bits per heavy atom. The average molecular weight is 156 g/mol. The Hall–Kier alpha value is -0.990. The van der Waals surface area contributed by atoms with Gasteiger partial charge in [0.2, 0.25) is 0 Å². The summed E-state index contributed by atoms with van der Waals surface area (Å²) in [6.07, 6.45) is 1.93. The summed E-state index contributed by atoms with van der Waals surface area (Å²) in [4.78, 5) is 30.9. The molecule has 0 saturated heterocycles. The molecule has 3 nitrogen and oxygen atoms in total. The maximum atomic E-state index is 10.7. The summed E-state index contributed by atoms with van der Waals surface area (Å²) in [5.74, 6) is -0.280. The van der Waals surface area contributed by atoms with Crippen LogP contribution in [0.1, 0.15) is 32.6 Å². The lowest BCUT2D eigenvalue weighted by Gasteiger charge is -1.93. The number of carbonyl (C=O) groups excluding carboxylic acids is 3. The zero-order valence-corrected chi connectivity index (χ0v) is 6.63. The van der Waals surface area contributed by atoms with E-state index in [0.717, 1.165) is 0 Å². The van der Waals surface area contributed by atoms with Crippen molar-refractivity contribution >= 4 is 17.9 Å². The van der Waals surface area contributed by atoms with Gasteiger partial charge in [-0.2, -0.15) is 0 Å². The molecule has 0 aromatic rings. The molecule has 0 fully saturated rings. The van der Waals surface area contributed by atoms with E-state index in [1.807, 2.05) is 0 Å². The third kappa shape index (κ3) is 5.45. The molecule has 0 radical (unpaired) electrons. The minimum Gasteiger partial charge on any atom is -0.300 e. The normalized spacial score (nSPS) is 9.18. The Labute approximate surface area is 65.8 Å². The minimum absolute atomic E-state index is 0.142. The summed E-state index contributed by atoms with van der Waals surface area (Å²) in [7, 11) is 0. The highest BCUT2D eigenvalue weighted by Gasteiger charge is 2.01. The number of Topliss-reactive ketones (excluding diaryl/α,β-unsaturated/α-hetero) is 2. The van der Waals surface area contributed by atoms with Gasteiger partial charge in [-0.3, -0.25) is 14.4 Å². The van der Waals surface area contributed by atoms with Crippen molar-refractivity contribution in [2.75, 3.05) is 0 Å². The fourth-order valence-corrected chi connectivity index (χ4v) is 0.695. The van der Waals surface area contributed by atoms with E-state index in [0.29, 0.717) is 25.5 Å². The number of hydrogen-bond donors (Lipinski definition) is 0. The largest absolute Gasteiger partial charge is 0.300 e. The van der Waals surface area contributed by atoms with E-state index >= 15 is 0 Å². The van der Waals surface area contributed by atoms with E-state index < -0.39 is 5.78 Å². The van der Waals surface area contributed by atoms with Crippen LogP contribution in [0.3, 0.4) is 0 Å². The highest BCUT2D eigenvalue weighted by Crippen LogP contribution is 1.98. The number of aldehydes is 1. The molecule has 0 rings (SSSR count). The minimum atomic E-state index is -0.422. The molecule has 11 heavy (non-hydrogen) atoms. The predicted octanol–water partition coefficient (Wildman–Crippen LogP) is 0.904. The molecule has 0 atom stereocenters. The third-order valence-electron chi connectivity index (χ3n) is 1.40. The number of rotatable bonds is 6. The molecular formula is C8H12O3. The molecule has 0 spiro atoms. The molecule has 0 saturated carbocycles. The van der Waals surface area contributed by atoms with Crippen molar-refractivity contribution in [1.82, 2.24) is 0 Å². The summed E-state index contributed by atoms with van der Waals surface area (Å²) in [5, 5.41) is 0. The smallest absolute Gasteiger partial charge is 0.195 e. The van der Waals surface area contributed by atoms with Crippen molar-refractivity contribution < 1.29 is 14.4 Å². The van der Waals surface area contributed by atoms with Gasteiger partial charge in [0, 0.05) is 19.3 Å². The van der Waals surface area contributed by atoms with Gasteiger partial charge in [-0.1, -0.05) is 6.92 Å². The van der Waals surface area contributed by atoms with Crippen LogP contribution >= 0.6 is 0 Å². The molecule has 0 amide bonds. The first-order valence-electron chi connectivity index (χ1n) is 3.70. The molecule has 0 unspecified atom stereocenters. The lowest BCUT2D eigenvalue weighted by atomic mass is 10.1. The average Bonchev–Trinajstić information content (AvgIpc) is 2.04. The molecule has 0 aliphatic heterocycles. The van der Waals surface area contributed by atoms with Gasteiger partial charge in [0.1, 0.15) is 5.78 Å². The van der Waals surface area contributed by atoms with Crippen molar-refractivity contribution in [1.29, 1.82) is 0 Å². The third-order valence-corrected chi connectivity index (χ3v) is 1.40. The van der Waals surface area contributed by atoms with Gasteiger partial charge in [-0.05, 0) is 6.42 Å². The zero-order chi connectivity index (χ0) is 8.69. The van der Waals surface area contributed by atoms with Crippen LogP contribution in [0.2, 0.25) is 0 Å². The summed E-state index contributed by atoms with van der Waals surface area (Å²) in [6.45, 7) is 1.78. The molecule has 0 aromatic carbocycles. The Morgan fingerprint density at radius 1 is 1.27 bits per heavy atom. The Morgan fingerprint density at radius 2 is 1.91 bits per heavy atom. The van der Waals surface area contributed by atoms with Gasteiger partial charge in [0.15, 0.2) is 12.1 Å². The number of hydrogen-bond acceptors (Lipinski definition) is 3. The molecule has 0 aliphatic carbocycles. The molecular weight excluding hydrogens is 144 g/mol. The van der Waals surface area contributed by atoms with Crippen LogP contribution in [0.4, 0.5) is 0 Å². The first kappa shape index (κ1) is 10.0. The highest BCUT2D eigenvalue weighted by molar-refractivity contribution is 6.24. The zero-order valence-electron chi connectivity index (χ0n) is 6.63. The van der Waals surface area contributed by atoms with Gasteiger partial charge in [0.05, 0.1) is 0 Å². The van der Waals surface area contributed by atoms with Crippen LogP contribution in [0.15, 0.2) is 0 Å². The van der Waals surface area contributed by atoms with E-state index in [1.54, 1.807) is 6.92 Å². The molecule has 0 aliphatic rings. The highest BCUT2D eigenvalue weighted by atomic mass is 16.2. The molecule has 0 heterocycles. The Kier molecular flexibility index (Phi) is 5.25. The Balaban J connectivity index is 3.34. The van der Waals surface area contributed by atoms with Crippen LogP contribution in [0, 0.1) is 0 Å². The quantitative estimate of drug-likeness (QED) is 0.424. The monoisotopic (exact) mass is 156 g/mol. The topological polar surface area (TPSA) is 51.2 Å². The molecule has 0 N–H and O–H groups in total. The first-order chi connectivity index (χ1) is 5.20. The lowest BCUT2D eigenvalue weighted by Crippen LogP contribution is -2.01. The first-order valence-corrected chi connectivity index (χ1v) is 3.70. The number of ketones is 2. The van der Waals surface area contributed by atoms with Crippen molar-refractivity contribution in [3.63, 3.8) is 0 Å². The van der Waals surface area contributed by atoms with Crippen LogP contribution in [0.5, 0.6) is 0 Å². The predicted molar refractivity (Wildman–Crippen MR) is 40.2 cm³/mol. The van der Waals surface area contributed by atoms with Gasteiger partial charge < -0.3 is 0 Å². The SMILES string of the molecule is CCC(=O)CCCC(=O)C=O. The lowest BCUT2D eigenvalue weighted by molar-refractivity contribution is -0.130. The van der Waals surface area contributed by atoms with Crippen LogP contribution in [-0.4, -0.2) is 17.9 Å². The van der Waals surface area contributed by atoms with Crippen LogP contribution in [0.25, 0.3) is 0 Å². The summed E-state index contributed by atoms with van der Waals surface area (Å²) < 4.78 is 0. The molecule has 3 heteroatoms. The van der Waals surface area contributed by atoms with Crippen molar-refractivity contribution in [2.45, 2.75) is 32.6 Å². The van der Waals surface area contributed by atoms with Crippen molar-refractivity contribution in [2.24, 2.45) is 0 Å². The van der Waals surface area contributed by atoms with Gasteiger partial charge in [-0.25, -0.2) is 0 Å². The molecule has 0 aromatic heterocycles. The van der Waals surface area contributed by atoms with Gasteiger partial charge >= 0.3 is 0 Å². The van der Waals surface area contributed by atoms with Crippen LogP contribution < -0.4 is 0 Å². The van der Waals surface area contributed by atoms with Crippen LogP contribution in [-0.2, 0) is 14.4 Å². The van der Waals surface area contributed by atoms with Crippen molar-refractivity contribution in [3.05, 3.63) is 0 Å². The van der Waals surface area contributed by atoms with E-state index in [1.165, 1.54) is 0 Å². The van der Waals surface area contributed by atoms with E-state index in [4.69, 9.17) is 0 Å². The second-order valence-corrected chi connectivity index (χ2v) is 2.33. The fraction of sp³-hybridized carbons (Fsp3) is 0.625. The van der Waals surface area contributed by atoms with Crippen molar-refractivity contribution in [3.8, 4) is 0 Å². The number of carbonyl (C=O) groups is 3.